The van der Waals surface area contributed by atoms with Crippen molar-refractivity contribution >= 4 is 17.4 Å². The van der Waals surface area contributed by atoms with Gasteiger partial charge in [0.15, 0.2) is 29.2 Å². The molecular formula is C17H11F3N2O3. The molecule has 5 nitrogen and oxygen atoms in total. The van der Waals surface area contributed by atoms with E-state index in [0.717, 1.165) is 0 Å². The number of methoxy groups -OCH3 is 1. The van der Waals surface area contributed by atoms with E-state index < -0.39 is 40.6 Å². The van der Waals surface area contributed by atoms with Crippen molar-refractivity contribution in [2.75, 3.05) is 12.4 Å². The first-order chi connectivity index (χ1) is 11.9. The van der Waals surface area contributed by atoms with E-state index in [2.05, 4.69) is 5.32 Å². The molecule has 2 aromatic rings. The third-order valence-electron chi connectivity index (χ3n) is 3.28. The molecule has 0 saturated heterocycles. The van der Waals surface area contributed by atoms with Crippen LogP contribution >= 0.6 is 0 Å². The molecule has 0 spiro atoms. The predicted molar refractivity (Wildman–Crippen MR) is 81.4 cm³/mol. The summed E-state index contributed by atoms with van der Waals surface area (Å²) < 4.78 is 44.3. The first-order valence-electron chi connectivity index (χ1n) is 6.90. The SMILES string of the molecule is COc1ccc(NC(=O)C(C#N)C(=O)c2cc(F)c(F)c(F)c2)cc1. The van der Waals surface area contributed by atoms with E-state index in [1.807, 2.05) is 0 Å². The summed E-state index contributed by atoms with van der Waals surface area (Å²) in [5, 5.41) is 11.4. The van der Waals surface area contributed by atoms with Crippen LogP contribution in [0, 0.1) is 34.7 Å². The minimum Gasteiger partial charge on any atom is -0.497 e. The van der Waals surface area contributed by atoms with Gasteiger partial charge in [-0.25, -0.2) is 13.2 Å². The molecule has 0 aromatic heterocycles. The van der Waals surface area contributed by atoms with Crippen LogP contribution in [0.2, 0.25) is 0 Å². The van der Waals surface area contributed by atoms with E-state index >= 15 is 0 Å². The normalized spacial score (nSPS) is 11.3. The Balaban J connectivity index is 2.21. The van der Waals surface area contributed by atoms with Crippen LogP contribution in [0.1, 0.15) is 10.4 Å². The number of Topliss-reactive ketones (excluding diaryl/α,β-unsaturated/α-hetero) is 1. The molecule has 1 unspecified atom stereocenters. The maximum Gasteiger partial charge on any atom is 0.249 e. The summed E-state index contributed by atoms with van der Waals surface area (Å²) >= 11 is 0. The molecule has 0 aliphatic rings. The Morgan fingerprint density at radius 1 is 1.12 bits per heavy atom. The number of ether oxygens (including phenoxy) is 1. The number of nitriles is 1. The Kier molecular flexibility index (Phi) is 5.39. The summed E-state index contributed by atoms with van der Waals surface area (Å²) in [6.07, 6.45) is 0. The van der Waals surface area contributed by atoms with Gasteiger partial charge in [0.25, 0.3) is 0 Å². The topological polar surface area (TPSA) is 79.2 Å². The van der Waals surface area contributed by atoms with Gasteiger partial charge in [0, 0.05) is 11.3 Å². The van der Waals surface area contributed by atoms with Crippen LogP contribution in [0.25, 0.3) is 0 Å². The third-order valence-corrected chi connectivity index (χ3v) is 3.28. The van der Waals surface area contributed by atoms with Crippen molar-refractivity contribution in [2.45, 2.75) is 0 Å². The van der Waals surface area contributed by atoms with Crippen LogP contribution < -0.4 is 10.1 Å². The molecule has 0 aliphatic heterocycles. The number of benzene rings is 2. The number of ketones is 1. The van der Waals surface area contributed by atoms with E-state index in [1.165, 1.54) is 25.3 Å². The van der Waals surface area contributed by atoms with E-state index in [-0.39, 0.29) is 5.69 Å². The molecule has 1 N–H and O–H groups in total. The van der Waals surface area contributed by atoms with Gasteiger partial charge in [-0.15, -0.1) is 0 Å². The minimum atomic E-state index is -1.86. The number of anilines is 1. The molecule has 0 saturated carbocycles. The van der Waals surface area contributed by atoms with E-state index in [1.54, 1.807) is 12.1 Å². The number of carbonyl (C=O) groups excluding carboxylic acids is 2. The van der Waals surface area contributed by atoms with Gasteiger partial charge in [-0.1, -0.05) is 0 Å². The van der Waals surface area contributed by atoms with Crippen LogP contribution in [0.4, 0.5) is 18.9 Å². The standard InChI is InChI=1S/C17H11F3N2O3/c1-25-11-4-2-10(3-5-11)22-17(24)12(8-21)16(23)9-6-13(18)15(20)14(19)7-9/h2-7,12H,1H3,(H,22,24). The number of carbonyl (C=O) groups is 2. The lowest BCUT2D eigenvalue weighted by molar-refractivity contribution is -0.117. The average molecular weight is 348 g/mol. The molecular weight excluding hydrogens is 337 g/mol. The van der Waals surface area contributed by atoms with Crippen LogP contribution in [0.3, 0.4) is 0 Å². The molecule has 2 rings (SSSR count). The zero-order valence-electron chi connectivity index (χ0n) is 12.8. The summed E-state index contributed by atoms with van der Waals surface area (Å²) in [7, 11) is 1.46. The number of halogens is 3. The highest BCUT2D eigenvalue weighted by Gasteiger charge is 2.29. The molecule has 0 fully saturated rings. The number of rotatable bonds is 5. The largest absolute Gasteiger partial charge is 0.497 e. The van der Waals surface area contributed by atoms with Crippen LogP contribution in [0.5, 0.6) is 5.75 Å². The lowest BCUT2D eigenvalue weighted by Crippen LogP contribution is -2.29. The van der Waals surface area contributed by atoms with Gasteiger partial charge in [0.1, 0.15) is 5.75 Å². The quantitative estimate of drug-likeness (QED) is 0.512. The Morgan fingerprint density at radius 3 is 2.16 bits per heavy atom. The Bertz CT molecular complexity index is 837. The zero-order chi connectivity index (χ0) is 18.6. The Hall–Kier alpha value is -3.34. The fraction of sp³-hybridized carbons (Fsp3) is 0.118. The summed E-state index contributed by atoms with van der Waals surface area (Å²) in [6, 6.07) is 8.39. The molecule has 128 valence electrons. The molecule has 0 bridgehead atoms. The summed E-state index contributed by atoms with van der Waals surface area (Å²) in [5.41, 5.74) is -0.330. The minimum absolute atomic E-state index is 0.287. The van der Waals surface area contributed by atoms with Crippen LogP contribution in [-0.2, 0) is 4.79 Å². The van der Waals surface area contributed by atoms with Crippen LogP contribution in [-0.4, -0.2) is 18.8 Å². The highest BCUT2D eigenvalue weighted by molar-refractivity contribution is 6.15. The van der Waals surface area contributed by atoms with E-state index in [9.17, 15) is 22.8 Å². The second-order valence-corrected chi connectivity index (χ2v) is 4.90. The van der Waals surface area contributed by atoms with Crippen molar-refractivity contribution in [1.29, 1.82) is 5.26 Å². The van der Waals surface area contributed by atoms with Crippen molar-refractivity contribution in [3.8, 4) is 11.8 Å². The van der Waals surface area contributed by atoms with Gasteiger partial charge in [-0.3, -0.25) is 9.59 Å². The fourth-order valence-electron chi connectivity index (χ4n) is 1.99. The molecule has 1 amide bonds. The first kappa shape index (κ1) is 18.0. The maximum atomic E-state index is 13.2. The lowest BCUT2D eigenvalue weighted by atomic mass is 9.97. The van der Waals surface area contributed by atoms with Gasteiger partial charge < -0.3 is 10.1 Å². The Morgan fingerprint density at radius 2 is 1.68 bits per heavy atom. The Labute approximate surface area is 140 Å². The molecule has 8 heteroatoms. The number of amides is 1. The highest BCUT2D eigenvalue weighted by Crippen LogP contribution is 2.19. The van der Waals surface area contributed by atoms with Gasteiger partial charge in [-0.05, 0) is 36.4 Å². The fourth-order valence-corrected chi connectivity index (χ4v) is 1.99. The first-order valence-corrected chi connectivity index (χ1v) is 6.90. The van der Waals surface area contributed by atoms with Crippen molar-refractivity contribution < 1.29 is 27.5 Å². The predicted octanol–water partition coefficient (Wildman–Crippen LogP) is 3.07. The number of nitrogens with zero attached hydrogens (tertiary/aromatic N) is 1. The van der Waals surface area contributed by atoms with Crippen molar-refractivity contribution in [2.24, 2.45) is 5.92 Å². The lowest BCUT2D eigenvalue weighted by Gasteiger charge is -2.10. The molecule has 0 aliphatic carbocycles. The number of nitrogens with one attached hydrogen (secondary N) is 1. The van der Waals surface area contributed by atoms with Crippen molar-refractivity contribution in [3.63, 3.8) is 0 Å². The van der Waals surface area contributed by atoms with Crippen molar-refractivity contribution in [3.05, 3.63) is 59.4 Å². The summed E-state index contributed by atoms with van der Waals surface area (Å²) in [4.78, 5) is 24.3. The van der Waals surface area contributed by atoms with Gasteiger partial charge in [0.2, 0.25) is 5.91 Å². The molecule has 1 atom stereocenters. The molecule has 25 heavy (non-hydrogen) atoms. The highest BCUT2D eigenvalue weighted by atomic mass is 19.2. The van der Waals surface area contributed by atoms with Gasteiger partial charge >= 0.3 is 0 Å². The third kappa shape index (κ3) is 3.95. The zero-order valence-corrected chi connectivity index (χ0v) is 12.8. The second kappa shape index (κ2) is 7.49. The van der Waals surface area contributed by atoms with Crippen molar-refractivity contribution in [1.82, 2.24) is 0 Å². The molecule has 0 radical (unpaired) electrons. The second-order valence-electron chi connectivity index (χ2n) is 4.90. The number of hydrogen-bond acceptors (Lipinski definition) is 4. The van der Waals surface area contributed by atoms with Gasteiger partial charge in [-0.2, -0.15) is 5.26 Å². The van der Waals surface area contributed by atoms with E-state index in [0.29, 0.717) is 17.9 Å². The van der Waals surface area contributed by atoms with Gasteiger partial charge in [0.05, 0.1) is 13.2 Å². The smallest absolute Gasteiger partial charge is 0.249 e. The monoisotopic (exact) mass is 348 g/mol. The molecule has 2 aromatic carbocycles. The summed E-state index contributed by atoms with van der Waals surface area (Å²) in [6.45, 7) is 0. The average Bonchev–Trinajstić information content (AvgIpc) is 2.60. The number of hydrogen-bond donors (Lipinski definition) is 1. The maximum absolute atomic E-state index is 13.2. The van der Waals surface area contributed by atoms with E-state index in [4.69, 9.17) is 10.00 Å². The summed E-state index contributed by atoms with van der Waals surface area (Å²) in [5.74, 6) is -8.37. The van der Waals surface area contributed by atoms with Crippen LogP contribution in [0.15, 0.2) is 36.4 Å². The molecule has 0 heterocycles.